The number of aryl methyl sites for hydroxylation is 3. The van der Waals surface area contributed by atoms with Crippen LogP contribution in [0.3, 0.4) is 0 Å². The second kappa shape index (κ2) is 13.1. The van der Waals surface area contributed by atoms with E-state index in [2.05, 4.69) is 10.6 Å². The summed E-state index contributed by atoms with van der Waals surface area (Å²) in [6.07, 6.45) is 0.0700. The highest BCUT2D eigenvalue weighted by molar-refractivity contribution is 6.00. The Morgan fingerprint density at radius 1 is 1.03 bits per heavy atom. The molecule has 3 amide bonds. The largest absolute Gasteiger partial charge is 0.444 e. The van der Waals surface area contributed by atoms with Gasteiger partial charge in [0.1, 0.15) is 24.2 Å². The van der Waals surface area contributed by atoms with E-state index in [9.17, 15) is 19.6 Å². The Morgan fingerprint density at radius 3 is 2.08 bits per heavy atom. The van der Waals surface area contributed by atoms with E-state index in [0.29, 0.717) is 11.3 Å². The highest BCUT2D eigenvalue weighted by Gasteiger charge is 2.37. The number of ether oxygens (including phenoxy) is 1. The second-order valence-electron chi connectivity index (χ2n) is 10.7. The highest BCUT2D eigenvalue weighted by atomic mass is 16.6. The molecular weight excluding hydrogens is 480 g/mol. The lowest BCUT2D eigenvalue weighted by Crippen LogP contribution is -2.54. The van der Waals surface area contributed by atoms with E-state index in [1.807, 2.05) is 57.2 Å². The number of carbonyl (C=O) groups is 3. The van der Waals surface area contributed by atoms with E-state index in [1.54, 1.807) is 46.8 Å². The molecule has 0 saturated carbocycles. The summed E-state index contributed by atoms with van der Waals surface area (Å²) in [6, 6.07) is 13.0. The summed E-state index contributed by atoms with van der Waals surface area (Å²) in [5, 5.41) is 15.3. The van der Waals surface area contributed by atoms with E-state index in [1.165, 1.54) is 4.90 Å². The lowest BCUT2D eigenvalue weighted by atomic mass is 9.97. The molecule has 38 heavy (non-hydrogen) atoms. The number of para-hydroxylation sites is 1. The maximum absolute atomic E-state index is 13.9. The number of rotatable bonds is 9. The lowest BCUT2D eigenvalue weighted by molar-refractivity contribution is -0.140. The van der Waals surface area contributed by atoms with Gasteiger partial charge in [-0.1, -0.05) is 63.2 Å². The zero-order valence-corrected chi connectivity index (χ0v) is 23.7. The van der Waals surface area contributed by atoms with Crippen LogP contribution in [0.5, 0.6) is 0 Å². The number of benzene rings is 2. The third kappa shape index (κ3) is 8.07. The average molecular weight is 521 g/mol. The number of carbonyl (C=O) groups excluding carboxylic acids is 3. The lowest BCUT2D eigenvalue weighted by Gasteiger charge is -2.34. The number of amides is 3. The molecular formula is C30H40N4O4. The molecule has 0 saturated heterocycles. The van der Waals surface area contributed by atoms with Gasteiger partial charge in [0, 0.05) is 5.69 Å². The van der Waals surface area contributed by atoms with Gasteiger partial charge in [0.25, 0.3) is 5.91 Å². The van der Waals surface area contributed by atoms with Crippen molar-refractivity contribution >= 4 is 23.6 Å². The first-order chi connectivity index (χ1) is 17.8. The monoisotopic (exact) mass is 520 g/mol. The zero-order chi connectivity index (χ0) is 28.6. The maximum atomic E-state index is 13.9. The van der Waals surface area contributed by atoms with Crippen LogP contribution < -0.4 is 10.6 Å². The SMILES string of the molecule is CCc1ccc(C(C(=O)Nc2c(C)cccc2C)N(CC#N)C(=O)C(NC(=O)OC(C)(C)C)C(C)C)cc1. The van der Waals surface area contributed by atoms with Crippen LogP contribution >= 0.6 is 0 Å². The fraction of sp³-hybridized carbons (Fsp3) is 0.467. The molecule has 8 nitrogen and oxygen atoms in total. The van der Waals surface area contributed by atoms with E-state index in [-0.39, 0.29) is 12.5 Å². The normalized spacial score (nSPS) is 12.7. The number of alkyl carbamates (subject to hydrolysis) is 1. The third-order valence-electron chi connectivity index (χ3n) is 6.12. The molecule has 0 aromatic heterocycles. The maximum Gasteiger partial charge on any atom is 0.408 e. The molecule has 2 rings (SSSR count). The van der Waals surface area contributed by atoms with Gasteiger partial charge in [0.2, 0.25) is 5.91 Å². The molecule has 2 unspecified atom stereocenters. The Morgan fingerprint density at radius 2 is 1.61 bits per heavy atom. The van der Waals surface area contributed by atoms with Crippen LogP contribution in [0.4, 0.5) is 10.5 Å². The Hall–Kier alpha value is -3.86. The number of nitrogens with one attached hydrogen (secondary N) is 2. The van der Waals surface area contributed by atoms with Gasteiger partial charge < -0.3 is 20.3 Å². The van der Waals surface area contributed by atoms with Crippen molar-refractivity contribution in [2.75, 3.05) is 11.9 Å². The van der Waals surface area contributed by atoms with Crippen molar-refractivity contribution in [1.82, 2.24) is 10.2 Å². The standard InChI is InChI=1S/C30H40N4O4/c1-9-22-13-15-23(16-14-22)26(27(35)32-25-20(4)11-10-12-21(25)5)34(18-17-31)28(36)24(19(2)3)33-29(37)38-30(6,7)8/h10-16,19,24,26H,9,18H2,1-8H3,(H,32,35)(H,33,37). The molecule has 0 fully saturated rings. The zero-order valence-electron chi connectivity index (χ0n) is 23.7. The molecule has 2 aromatic carbocycles. The fourth-order valence-electron chi connectivity index (χ4n) is 4.11. The number of hydrogen-bond donors (Lipinski definition) is 2. The predicted molar refractivity (Wildman–Crippen MR) is 148 cm³/mol. The molecule has 2 N–H and O–H groups in total. The molecule has 0 aliphatic heterocycles. The molecule has 0 aliphatic rings. The van der Waals surface area contributed by atoms with Gasteiger partial charge in [-0.25, -0.2) is 4.79 Å². The van der Waals surface area contributed by atoms with E-state index in [4.69, 9.17) is 4.74 Å². The van der Waals surface area contributed by atoms with Gasteiger partial charge in [0.05, 0.1) is 6.07 Å². The van der Waals surface area contributed by atoms with Crippen LogP contribution in [0, 0.1) is 31.1 Å². The Labute approximate surface area is 226 Å². The van der Waals surface area contributed by atoms with Gasteiger partial charge in [-0.05, 0) is 69.2 Å². The minimum Gasteiger partial charge on any atom is -0.444 e. The third-order valence-corrected chi connectivity index (χ3v) is 6.12. The molecule has 204 valence electrons. The number of nitriles is 1. The summed E-state index contributed by atoms with van der Waals surface area (Å²) in [6.45, 7) is 14.2. The molecule has 0 spiro atoms. The van der Waals surface area contributed by atoms with E-state index in [0.717, 1.165) is 23.1 Å². The van der Waals surface area contributed by atoms with E-state index >= 15 is 0 Å². The van der Waals surface area contributed by atoms with Gasteiger partial charge in [-0.3, -0.25) is 9.59 Å². The van der Waals surface area contributed by atoms with Crippen LogP contribution in [0.2, 0.25) is 0 Å². The Bertz CT molecular complexity index is 1160. The first-order valence-electron chi connectivity index (χ1n) is 12.9. The summed E-state index contributed by atoms with van der Waals surface area (Å²) in [7, 11) is 0. The highest BCUT2D eigenvalue weighted by Crippen LogP contribution is 2.28. The van der Waals surface area contributed by atoms with Gasteiger partial charge in [-0.15, -0.1) is 0 Å². The smallest absolute Gasteiger partial charge is 0.408 e. The molecule has 0 heterocycles. The summed E-state index contributed by atoms with van der Waals surface area (Å²) in [5.41, 5.74) is 3.30. The minimum absolute atomic E-state index is 0.332. The number of anilines is 1. The first-order valence-corrected chi connectivity index (χ1v) is 12.9. The molecule has 0 aliphatic carbocycles. The first kappa shape index (κ1) is 30.4. The van der Waals surface area contributed by atoms with E-state index < -0.39 is 35.6 Å². The predicted octanol–water partition coefficient (Wildman–Crippen LogP) is 5.45. The quantitative estimate of drug-likeness (QED) is 0.427. The van der Waals surface area contributed by atoms with Crippen LogP contribution in [0.1, 0.15) is 69.8 Å². The fourth-order valence-corrected chi connectivity index (χ4v) is 4.11. The van der Waals surface area contributed by atoms with Crippen LogP contribution in [0.25, 0.3) is 0 Å². The Balaban J connectivity index is 2.55. The van der Waals surface area contributed by atoms with Crippen LogP contribution in [-0.2, 0) is 20.7 Å². The van der Waals surface area contributed by atoms with Crippen molar-refractivity contribution < 1.29 is 19.1 Å². The van der Waals surface area contributed by atoms with Crippen molar-refractivity contribution in [2.24, 2.45) is 5.92 Å². The second-order valence-corrected chi connectivity index (χ2v) is 10.7. The molecule has 0 radical (unpaired) electrons. The van der Waals surface area contributed by atoms with Gasteiger partial charge in [-0.2, -0.15) is 5.26 Å². The topological polar surface area (TPSA) is 112 Å². The summed E-state index contributed by atoms with van der Waals surface area (Å²) >= 11 is 0. The van der Waals surface area contributed by atoms with Crippen LogP contribution in [-0.4, -0.2) is 41.0 Å². The number of hydrogen-bond acceptors (Lipinski definition) is 5. The van der Waals surface area contributed by atoms with Crippen molar-refractivity contribution in [3.63, 3.8) is 0 Å². The van der Waals surface area contributed by atoms with Gasteiger partial charge in [0.15, 0.2) is 0 Å². The molecule has 2 atom stereocenters. The Kier molecular flexibility index (Phi) is 10.5. The average Bonchev–Trinajstić information content (AvgIpc) is 2.83. The summed E-state index contributed by atoms with van der Waals surface area (Å²) < 4.78 is 5.37. The summed E-state index contributed by atoms with van der Waals surface area (Å²) in [4.78, 5) is 41.6. The van der Waals surface area contributed by atoms with Crippen molar-refractivity contribution in [2.45, 2.75) is 79.5 Å². The molecule has 0 bridgehead atoms. The van der Waals surface area contributed by atoms with Crippen LogP contribution in [0.15, 0.2) is 42.5 Å². The molecule has 8 heteroatoms. The number of nitrogens with zero attached hydrogens (tertiary/aromatic N) is 2. The van der Waals surface area contributed by atoms with Crippen molar-refractivity contribution in [1.29, 1.82) is 5.26 Å². The van der Waals surface area contributed by atoms with Crippen molar-refractivity contribution in [3.05, 3.63) is 64.7 Å². The van der Waals surface area contributed by atoms with Gasteiger partial charge >= 0.3 is 6.09 Å². The molecule has 2 aromatic rings. The van der Waals surface area contributed by atoms with Crippen molar-refractivity contribution in [3.8, 4) is 6.07 Å². The summed E-state index contributed by atoms with van der Waals surface area (Å²) in [5.74, 6) is -1.33. The minimum atomic E-state index is -1.10.